The summed E-state index contributed by atoms with van der Waals surface area (Å²) in [5.41, 5.74) is -0.606. The van der Waals surface area contributed by atoms with E-state index < -0.39 is 11.7 Å². The minimum Gasteiger partial charge on any atom is -0.371 e. The Morgan fingerprint density at radius 1 is 1.17 bits per heavy atom. The van der Waals surface area contributed by atoms with E-state index in [2.05, 4.69) is 5.32 Å². The summed E-state index contributed by atoms with van der Waals surface area (Å²) in [7, 11) is 0. The minimum absolute atomic E-state index is 0.317. The number of nitrogens with one attached hydrogen (secondary N) is 1. The molecule has 0 atom stereocenters. The van der Waals surface area contributed by atoms with Crippen molar-refractivity contribution in [2.45, 2.75) is 37.9 Å². The number of hydrogen-bond acceptors (Lipinski definition) is 3. The Labute approximate surface area is 134 Å². The van der Waals surface area contributed by atoms with Gasteiger partial charge in [-0.05, 0) is 56.3 Å². The summed E-state index contributed by atoms with van der Waals surface area (Å²) < 4.78 is 39.1. The highest BCUT2D eigenvalue weighted by Crippen LogP contribution is 2.35. The maximum Gasteiger partial charge on any atom is 0.417 e. The van der Waals surface area contributed by atoms with Gasteiger partial charge in [-0.2, -0.15) is 18.4 Å². The molecule has 2 fully saturated rings. The lowest BCUT2D eigenvalue weighted by atomic mass is 10.0. The molecule has 1 aliphatic carbocycles. The molecule has 0 unspecified atom stereocenters. The van der Waals surface area contributed by atoms with Gasteiger partial charge in [-0.1, -0.05) is 0 Å². The van der Waals surface area contributed by atoms with Crippen molar-refractivity contribution >= 4 is 5.69 Å². The summed E-state index contributed by atoms with van der Waals surface area (Å²) >= 11 is 0. The van der Waals surface area contributed by atoms with Crippen LogP contribution in [0.25, 0.3) is 0 Å². The molecule has 1 aromatic carbocycles. The summed E-state index contributed by atoms with van der Waals surface area (Å²) in [6.45, 7) is 2.55. The van der Waals surface area contributed by atoms with Crippen molar-refractivity contribution in [2.24, 2.45) is 5.92 Å². The van der Waals surface area contributed by atoms with E-state index in [1.807, 2.05) is 4.90 Å². The maximum atomic E-state index is 13.0. The Balaban J connectivity index is 1.64. The zero-order chi connectivity index (χ0) is 16.4. The molecule has 1 saturated heterocycles. The van der Waals surface area contributed by atoms with Crippen molar-refractivity contribution < 1.29 is 13.2 Å². The molecule has 0 aromatic heterocycles. The normalized spacial score (nSPS) is 19.7. The van der Waals surface area contributed by atoms with Gasteiger partial charge in [0.2, 0.25) is 0 Å². The number of hydrogen-bond donors (Lipinski definition) is 1. The van der Waals surface area contributed by atoms with E-state index in [0.717, 1.165) is 44.5 Å². The molecule has 3 rings (SSSR count). The number of alkyl halides is 3. The van der Waals surface area contributed by atoms with Gasteiger partial charge in [-0.25, -0.2) is 0 Å². The molecule has 124 valence electrons. The molecule has 0 bridgehead atoms. The van der Waals surface area contributed by atoms with Crippen LogP contribution in [0, 0.1) is 17.2 Å². The van der Waals surface area contributed by atoms with Gasteiger partial charge in [-0.15, -0.1) is 0 Å². The first-order chi connectivity index (χ1) is 11.0. The van der Waals surface area contributed by atoms with Crippen LogP contribution in [0.5, 0.6) is 0 Å². The molecule has 1 N–H and O–H groups in total. The lowest BCUT2D eigenvalue weighted by Crippen LogP contribution is -2.43. The predicted molar refractivity (Wildman–Crippen MR) is 82.1 cm³/mol. The molecule has 2 aliphatic rings. The highest BCUT2D eigenvalue weighted by Gasteiger charge is 2.34. The fourth-order valence-corrected chi connectivity index (χ4v) is 3.06. The van der Waals surface area contributed by atoms with Crippen LogP contribution < -0.4 is 10.2 Å². The van der Waals surface area contributed by atoms with Crippen LogP contribution in [-0.4, -0.2) is 25.7 Å². The molecule has 1 heterocycles. The van der Waals surface area contributed by atoms with E-state index in [0.29, 0.717) is 11.7 Å². The highest BCUT2D eigenvalue weighted by molar-refractivity contribution is 5.55. The summed E-state index contributed by atoms with van der Waals surface area (Å²) in [5, 5.41) is 12.4. The molecule has 6 heteroatoms. The Hall–Kier alpha value is -1.74. The summed E-state index contributed by atoms with van der Waals surface area (Å²) in [5.74, 6) is 0.834. The zero-order valence-electron chi connectivity index (χ0n) is 12.9. The number of nitrogens with zero attached hydrogens (tertiary/aromatic N) is 2. The van der Waals surface area contributed by atoms with Gasteiger partial charge in [0.05, 0.1) is 17.2 Å². The largest absolute Gasteiger partial charge is 0.417 e. The van der Waals surface area contributed by atoms with Crippen molar-refractivity contribution in [3.05, 3.63) is 29.3 Å². The van der Waals surface area contributed by atoms with E-state index >= 15 is 0 Å². The average molecular weight is 323 g/mol. The first-order valence-electron chi connectivity index (χ1n) is 8.07. The van der Waals surface area contributed by atoms with Crippen molar-refractivity contribution in [1.82, 2.24) is 5.32 Å². The summed E-state index contributed by atoms with van der Waals surface area (Å²) in [6.07, 6.45) is 0.0158. The van der Waals surface area contributed by atoms with Gasteiger partial charge < -0.3 is 10.2 Å². The smallest absolute Gasteiger partial charge is 0.371 e. The highest BCUT2D eigenvalue weighted by atomic mass is 19.4. The quantitative estimate of drug-likeness (QED) is 0.921. The standard InChI is InChI=1S/C17H20F3N3/c18-17(19,20)16-9-15(4-3-13(16)10-21)23-7-5-14(6-8-23)22-11-12-1-2-12/h3-4,9,12,14,22H,1-2,5-8,11H2. The monoisotopic (exact) mass is 323 g/mol. The number of rotatable bonds is 4. The Morgan fingerprint density at radius 2 is 1.87 bits per heavy atom. The lowest BCUT2D eigenvalue weighted by molar-refractivity contribution is -0.137. The van der Waals surface area contributed by atoms with Crippen molar-refractivity contribution in [2.75, 3.05) is 24.5 Å². The van der Waals surface area contributed by atoms with Crippen LogP contribution >= 0.6 is 0 Å². The number of benzene rings is 1. The van der Waals surface area contributed by atoms with Crippen molar-refractivity contribution in [1.29, 1.82) is 5.26 Å². The third kappa shape index (κ3) is 3.97. The molecule has 1 saturated carbocycles. The van der Waals surface area contributed by atoms with Crippen molar-refractivity contribution in [3.8, 4) is 6.07 Å². The third-order valence-electron chi connectivity index (χ3n) is 4.68. The van der Waals surface area contributed by atoms with Gasteiger partial charge >= 0.3 is 6.18 Å². The number of anilines is 1. The maximum absolute atomic E-state index is 13.0. The molecular weight excluding hydrogens is 303 g/mol. The topological polar surface area (TPSA) is 39.1 Å². The molecule has 23 heavy (non-hydrogen) atoms. The molecule has 0 spiro atoms. The van der Waals surface area contributed by atoms with Crippen molar-refractivity contribution in [3.63, 3.8) is 0 Å². The van der Waals surface area contributed by atoms with Crippen LogP contribution in [0.3, 0.4) is 0 Å². The fraction of sp³-hybridized carbons (Fsp3) is 0.588. The van der Waals surface area contributed by atoms with E-state index in [1.54, 1.807) is 12.1 Å². The Kier molecular flexibility index (Phi) is 4.49. The molecular formula is C17H20F3N3. The van der Waals surface area contributed by atoms with Gasteiger partial charge in [0.15, 0.2) is 0 Å². The lowest BCUT2D eigenvalue weighted by Gasteiger charge is -2.34. The van der Waals surface area contributed by atoms with E-state index in [9.17, 15) is 13.2 Å². The van der Waals surface area contributed by atoms with Crippen LogP contribution in [-0.2, 0) is 6.18 Å². The SMILES string of the molecule is N#Cc1ccc(N2CCC(NCC3CC3)CC2)cc1C(F)(F)F. The minimum atomic E-state index is -4.49. The second-order valence-electron chi connectivity index (χ2n) is 6.45. The van der Waals surface area contributed by atoms with Crippen LogP contribution in [0.15, 0.2) is 18.2 Å². The average Bonchev–Trinajstić information content (AvgIpc) is 3.36. The van der Waals surface area contributed by atoms with E-state index in [1.165, 1.54) is 18.9 Å². The van der Waals surface area contributed by atoms with Gasteiger partial charge in [-0.3, -0.25) is 0 Å². The molecule has 0 radical (unpaired) electrons. The second-order valence-corrected chi connectivity index (χ2v) is 6.45. The van der Waals surface area contributed by atoms with Gasteiger partial charge in [0.1, 0.15) is 0 Å². The Morgan fingerprint density at radius 3 is 2.43 bits per heavy atom. The second kappa shape index (κ2) is 6.40. The van der Waals surface area contributed by atoms with E-state index in [-0.39, 0.29) is 5.56 Å². The first kappa shape index (κ1) is 16.1. The van der Waals surface area contributed by atoms with Crippen LogP contribution in [0.1, 0.15) is 36.8 Å². The van der Waals surface area contributed by atoms with Gasteiger partial charge in [0, 0.05) is 24.8 Å². The fourth-order valence-electron chi connectivity index (χ4n) is 3.06. The predicted octanol–water partition coefficient (Wildman–Crippen LogP) is 3.55. The molecule has 3 nitrogen and oxygen atoms in total. The number of halogens is 3. The van der Waals surface area contributed by atoms with Crippen LogP contribution in [0.2, 0.25) is 0 Å². The third-order valence-corrected chi connectivity index (χ3v) is 4.68. The van der Waals surface area contributed by atoms with Crippen LogP contribution in [0.4, 0.5) is 18.9 Å². The zero-order valence-corrected chi connectivity index (χ0v) is 12.9. The number of nitriles is 1. The van der Waals surface area contributed by atoms with E-state index in [4.69, 9.17) is 5.26 Å². The molecule has 1 aliphatic heterocycles. The molecule has 1 aromatic rings. The summed E-state index contributed by atoms with van der Waals surface area (Å²) in [6, 6.07) is 6.09. The first-order valence-corrected chi connectivity index (χ1v) is 8.07. The summed E-state index contributed by atoms with van der Waals surface area (Å²) in [4.78, 5) is 1.98. The number of piperidine rings is 1. The van der Waals surface area contributed by atoms with Gasteiger partial charge in [0.25, 0.3) is 0 Å². The Bertz CT molecular complexity index is 594. The molecule has 0 amide bonds.